The third-order valence-electron chi connectivity index (χ3n) is 6.39. The van der Waals surface area contributed by atoms with Gasteiger partial charge >= 0.3 is 6.18 Å². The lowest BCUT2D eigenvalue weighted by Gasteiger charge is -2.27. The molecular weight excluding hydrogens is 528 g/mol. The van der Waals surface area contributed by atoms with Crippen LogP contribution < -0.4 is 20.8 Å². The Balaban J connectivity index is 1.17. The van der Waals surface area contributed by atoms with Crippen molar-refractivity contribution < 1.29 is 22.3 Å². The normalized spacial score (nSPS) is 16.4. The number of anilines is 3. The van der Waals surface area contributed by atoms with E-state index < -0.39 is 17.6 Å². The van der Waals surface area contributed by atoms with Crippen LogP contribution >= 0.6 is 0 Å². The molecule has 1 aromatic carbocycles. The third-order valence-corrected chi connectivity index (χ3v) is 6.39. The number of nitrogens with zero attached hydrogens (tertiary/aromatic N) is 6. The van der Waals surface area contributed by atoms with Gasteiger partial charge in [-0.1, -0.05) is 24.3 Å². The topological polar surface area (TPSA) is 90.8 Å². The van der Waals surface area contributed by atoms with E-state index in [1.807, 2.05) is 6.07 Å². The molecule has 2 saturated heterocycles. The number of ether oxygens (including phenoxy) is 1. The highest BCUT2D eigenvalue weighted by molar-refractivity contribution is 5.77. The molecule has 2 aliphatic heterocycles. The number of nitrogens with one attached hydrogen (secondary N) is 2. The largest absolute Gasteiger partial charge is 0.418 e. The van der Waals surface area contributed by atoms with Crippen molar-refractivity contribution in [1.29, 1.82) is 0 Å². The predicted molar refractivity (Wildman–Crippen MR) is 145 cm³/mol. The molecule has 0 spiro atoms. The Morgan fingerprint density at radius 3 is 2.65 bits per heavy atom. The third kappa shape index (κ3) is 6.90. The van der Waals surface area contributed by atoms with Crippen molar-refractivity contribution in [3.8, 4) is 0 Å². The van der Waals surface area contributed by atoms with E-state index in [4.69, 9.17) is 4.74 Å². The number of rotatable bonds is 8. The van der Waals surface area contributed by atoms with Gasteiger partial charge in [-0.2, -0.15) is 23.3 Å². The number of allylic oxidation sites excluding steroid dienone is 1. The number of hydrogen-bond donors (Lipinski definition) is 2. The van der Waals surface area contributed by atoms with E-state index >= 15 is 0 Å². The molecule has 5 rings (SSSR count). The zero-order chi connectivity index (χ0) is 28.0. The number of hydrazone groups is 1. The number of hydrogen-bond acceptors (Lipinski definition) is 9. The summed E-state index contributed by atoms with van der Waals surface area (Å²) < 4.78 is 60.5. The van der Waals surface area contributed by atoms with Crippen LogP contribution in [0.15, 0.2) is 53.9 Å². The van der Waals surface area contributed by atoms with Crippen LogP contribution in [0.3, 0.4) is 0 Å². The number of benzene rings is 1. The van der Waals surface area contributed by atoms with E-state index in [-0.39, 0.29) is 17.5 Å². The highest BCUT2D eigenvalue weighted by atomic mass is 19.4. The summed E-state index contributed by atoms with van der Waals surface area (Å²) in [6.07, 6.45) is 4.50. The molecular formula is C27H28F4N8O. The second-order valence-electron chi connectivity index (χ2n) is 9.22. The Hall–Kier alpha value is -4.10. The van der Waals surface area contributed by atoms with Crippen molar-refractivity contribution in [3.05, 3.63) is 77.0 Å². The minimum absolute atomic E-state index is 0.150. The van der Waals surface area contributed by atoms with Crippen molar-refractivity contribution in [2.24, 2.45) is 5.10 Å². The van der Waals surface area contributed by atoms with Crippen molar-refractivity contribution in [2.75, 3.05) is 54.7 Å². The van der Waals surface area contributed by atoms with E-state index in [9.17, 15) is 17.6 Å². The second-order valence-corrected chi connectivity index (χ2v) is 9.22. The Morgan fingerprint density at radius 2 is 1.93 bits per heavy atom. The first-order valence-electron chi connectivity index (χ1n) is 12.8. The zero-order valence-corrected chi connectivity index (χ0v) is 21.5. The van der Waals surface area contributed by atoms with E-state index in [1.165, 1.54) is 18.3 Å². The molecule has 0 unspecified atom stereocenters. The predicted octanol–water partition coefficient (Wildman–Crippen LogP) is 4.28. The smallest absolute Gasteiger partial charge is 0.378 e. The number of hydrazine groups is 1. The minimum atomic E-state index is -4.44. The number of alkyl halides is 3. The Kier molecular flexibility index (Phi) is 8.51. The van der Waals surface area contributed by atoms with E-state index in [0.717, 1.165) is 18.2 Å². The van der Waals surface area contributed by atoms with Gasteiger partial charge in [-0.25, -0.2) is 20.2 Å². The molecule has 2 N–H and O–H groups in total. The maximum Gasteiger partial charge on any atom is 0.418 e. The molecule has 13 heteroatoms. The van der Waals surface area contributed by atoms with Gasteiger partial charge in [-0.15, -0.1) is 0 Å². The van der Waals surface area contributed by atoms with Gasteiger partial charge in [-0.3, -0.25) is 4.98 Å². The van der Waals surface area contributed by atoms with Gasteiger partial charge in [0.15, 0.2) is 11.6 Å². The summed E-state index contributed by atoms with van der Waals surface area (Å²) in [5, 5.41) is 5.64. The molecule has 0 bridgehead atoms. The Bertz CT molecular complexity index is 1350. The molecule has 40 heavy (non-hydrogen) atoms. The molecule has 2 fully saturated rings. The summed E-state index contributed by atoms with van der Waals surface area (Å²) in [5.74, 6) is -0.171. The maximum absolute atomic E-state index is 14.2. The number of halogens is 4. The van der Waals surface area contributed by atoms with E-state index in [1.54, 1.807) is 40.4 Å². The molecule has 3 aromatic rings. The van der Waals surface area contributed by atoms with Crippen LogP contribution in [0.4, 0.5) is 35.0 Å². The van der Waals surface area contributed by atoms with Crippen molar-refractivity contribution in [3.63, 3.8) is 0 Å². The van der Waals surface area contributed by atoms with Gasteiger partial charge in [0.2, 0.25) is 5.95 Å². The monoisotopic (exact) mass is 556 g/mol. The lowest BCUT2D eigenvalue weighted by molar-refractivity contribution is -0.137. The van der Waals surface area contributed by atoms with Crippen LogP contribution in [-0.2, 0) is 17.3 Å². The maximum atomic E-state index is 14.2. The van der Waals surface area contributed by atoms with Gasteiger partial charge in [0.05, 0.1) is 42.6 Å². The molecule has 0 saturated carbocycles. The average Bonchev–Trinajstić information content (AvgIpc) is 3.50. The number of aromatic nitrogens is 3. The van der Waals surface area contributed by atoms with Gasteiger partial charge in [-0.05, 0) is 42.2 Å². The summed E-state index contributed by atoms with van der Waals surface area (Å²) in [4.78, 5) is 14.2. The van der Waals surface area contributed by atoms with Crippen molar-refractivity contribution in [2.45, 2.75) is 19.0 Å². The Morgan fingerprint density at radius 1 is 1.07 bits per heavy atom. The number of morpholine rings is 1. The molecule has 2 aliphatic rings. The van der Waals surface area contributed by atoms with Crippen LogP contribution in [0.2, 0.25) is 0 Å². The first-order chi connectivity index (χ1) is 19.4. The lowest BCUT2D eigenvalue weighted by Crippen LogP contribution is -2.37. The average molecular weight is 557 g/mol. The van der Waals surface area contributed by atoms with Gasteiger partial charge in [0, 0.05) is 32.4 Å². The van der Waals surface area contributed by atoms with Crippen LogP contribution in [0.5, 0.6) is 0 Å². The lowest BCUT2D eigenvalue weighted by atomic mass is 10.0. The van der Waals surface area contributed by atoms with Crippen LogP contribution in [0, 0.1) is 5.82 Å². The van der Waals surface area contributed by atoms with Crippen molar-refractivity contribution >= 4 is 29.7 Å². The first kappa shape index (κ1) is 27.5. The fourth-order valence-electron chi connectivity index (χ4n) is 4.40. The number of pyridine rings is 1. The Labute approximate surface area is 228 Å². The van der Waals surface area contributed by atoms with Gasteiger partial charge in [0.25, 0.3) is 0 Å². The van der Waals surface area contributed by atoms with Crippen LogP contribution in [-0.4, -0.2) is 60.6 Å². The molecule has 0 atom stereocenters. The molecule has 0 radical (unpaired) electrons. The fraction of sp³-hybridized carbons (Fsp3) is 0.333. The molecule has 210 valence electrons. The summed E-state index contributed by atoms with van der Waals surface area (Å²) in [6.45, 7) is 3.29. The van der Waals surface area contributed by atoms with E-state index in [0.29, 0.717) is 57.1 Å². The molecule has 0 amide bonds. The van der Waals surface area contributed by atoms with E-state index in [2.05, 4.69) is 30.9 Å². The summed E-state index contributed by atoms with van der Waals surface area (Å²) in [7, 11) is 0. The zero-order valence-electron chi connectivity index (χ0n) is 21.5. The highest BCUT2D eigenvalue weighted by Crippen LogP contribution is 2.37. The molecule has 2 aromatic heterocycles. The van der Waals surface area contributed by atoms with Gasteiger partial charge in [0.1, 0.15) is 0 Å². The highest BCUT2D eigenvalue weighted by Gasteiger charge is 2.35. The fourth-order valence-corrected chi connectivity index (χ4v) is 4.40. The second kappa shape index (κ2) is 12.4. The molecule has 0 aliphatic carbocycles. The summed E-state index contributed by atoms with van der Waals surface area (Å²) in [5.41, 5.74) is 7.09. The molecule has 4 heterocycles. The first-order valence-corrected chi connectivity index (χ1v) is 12.8. The van der Waals surface area contributed by atoms with Crippen LogP contribution in [0.25, 0.3) is 6.08 Å². The van der Waals surface area contributed by atoms with Crippen molar-refractivity contribution in [1.82, 2.24) is 20.4 Å². The molecule has 9 nitrogen and oxygen atoms in total. The SMILES string of the molecule is Fc1cnc(N/N=C\c2ccc(/C=C\Cc3ccc(N4CCCN4)c(C(F)(F)F)c3)cn2)nc1N1CCOCC1. The standard InChI is InChI=1S/C27H28F4N8O/c28-23-18-33-26(36-25(23)38-11-13-40-14-12-38)37-34-17-21-7-5-20(16-32-21)4-1-3-19-6-8-24(39-10-2-9-35-39)22(15-19)27(29,30)31/h1,4-8,15-18,35H,2-3,9-14H2,(H,33,36,37)/b4-1-,34-17-. The minimum Gasteiger partial charge on any atom is -0.378 e. The van der Waals surface area contributed by atoms with Crippen LogP contribution in [0.1, 0.15) is 28.8 Å². The summed E-state index contributed by atoms with van der Waals surface area (Å²) >= 11 is 0. The quantitative estimate of drug-likeness (QED) is 0.242. The van der Waals surface area contributed by atoms with Gasteiger partial charge < -0.3 is 14.6 Å². The summed E-state index contributed by atoms with van der Waals surface area (Å²) in [6, 6.07) is 8.01.